The summed E-state index contributed by atoms with van der Waals surface area (Å²) in [6.07, 6.45) is -0.459. The van der Waals surface area contributed by atoms with E-state index < -0.39 is 6.17 Å². The minimum Gasteiger partial charge on any atom is -0.284 e. The quantitative estimate of drug-likeness (QED) is 0.687. The van der Waals surface area contributed by atoms with Crippen molar-refractivity contribution in [3.05, 3.63) is 34.9 Å². The van der Waals surface area contributed by atoms with E-state index >= 15 is 0 Å². The smallest absolute Gasteiger partial charge is 0.261 e. The second kappa shape index (κ2) is 3.57. The molecule has 1 fully saturated rings. The first-order chi connectivity index (χ1) is 6.68. The lowest BCUT2D eigenvalue weighted by Gasteiger charge is -2.17. The van der Waals surface area contributed by atoms with Crippen molar-refractivity contribution in [2.45, 2.75) is 6.17 Å². The molecule has 1 aromatic carbocycles. The van der Waals surface area contributed by atoms with E-state index in [9.17, 15) is 10.0 Å². The summed E-state index contributed by atoms with van der Waals surface area (Å²) in [5.41, 5.74) is 0.808. The molecule has 1 saturated heterocycles. The average Bonchev–Trinajstić information content (AvgIpc) is 2.50. The van der Waals surface area contributed by atoms with Crippen molar-refractivity contribution in [1.82, 2.24) is 10.4 Å². The Balaban J connectivity index is 2.23. The third-order valence-corrected chi connectivity index (χ3v) is 2.38. The van der Waals surface area contributed by atoms with Crippen LogP contribution in [0.3, 0.4) is 0 Å². The van der Waals surface area contributed by atoms with Gasteiger partial charge in [0.15, 0.2) is 0 Å². The predicted molar refractivity (Wildman–Crippen MR) is 50.8 cm³/mol. The predicted octanol–water partition coefficient (Wildman–Crippen LogP) is 1.16. The van der Waals surface area contributed by atoms with Crippen LogP contribution < -0.4 is 5.32 Å². The number of nitrogens with one attached hydrogen (secondary N) is 1. The number of carbonyl (C=O) groups is 1. The minimum atomic E-state index is -0.459. The van der Waals surface area contributed by atoms with E-state index in [1.54, 1.807) is 24.3 Å². The first-order valence-corrected chi connectivity index (χ1v) is 4.56. The van der Waals surface area contributed by atoms with Crippen LogP contribution in [0.1, 0.15) is 11.7 Å². The Kier molecular flexibility index (Phi) is 2.41. The average molecular weight is 213 g/mol. The number of halogens is 1. The molecular formula is C9H9ClN2O2. The van der Waals surface area contributed by atoms with Crippen LogP contribution in [0.25, 0.3) is 0 Å². The highest BCUT2D eigenvalue weighted by Gasteiger charge is 2.30. The van der Waals surface area contributed by atoms with Crippen LogP contribution in [0.5, 0.6) is 0 Å². The molecule has 5 heteroatoms. The molecule has 1 aliphatic rings. The van der Waals surface area contributed by atoms with Crippen molar-refractivity contribution < 1.29 is 10.0 Å². The largest absolute Gasteiger partial charge is 0.284 e. The van der Waals surface area contributed by atoms with Crippen LogP contribution in [-0.4, -0.2) is 22.7 Å². The van der Waals surface area contributed by atoms with Crippen LogP contribution in [0.15, 0.2) is 24.3 Å². The Bertz CT molecular complexity index is 352. The van der Waals surface area contributed by atoms with Crippen molar-refractivity contribution in [1.29, 1.82) is 0 Å². The van der Waals surface area contributed by atoms with Gasteiger partial charge < -0.3 is 0 Å². The van der Waals surface area contributed by atoms with Crippen LogP contribution in [0.2, 0.25) is 5.02 Å². The lowest BCUT2D eigenvalue weighted by atomic mass is 10.2. The maximum absolute atomic E-state index is 11.0. The van der Waals surface area contributed by atoms with Gasteiger partial charge >= 0.3 is 0 Å². The summed E-state index contributed by atoms with van der Waals surface area (Å²) < 4.78 is 0. The van der Waals surface area contributed by atoms with E-state index in [0.717, 1.165) is 5.56 Å². The first-order valence-electron chi connectivity index (χ1n) is 4.18. The van der Waals surface area contributed by atoms with Gasteiger partial charge in [-0.2, -0.15) is 0 Å². The molecule has 1 atom stereocenters. The van der Waals surface area contributed by atoms with Crippen molar-refractivity contribution in [3.63, 3.8) is 0 Å². The van der Waals surface area contributed by atoms with E-state index in [2.05, 4.69) is 5.32 Å². The van der Waals surface area contributed by atoms with Crippen molar-refractivity contribution in [2.24, 2.45) is 0 Å². The van der Waals surface area contributed by atoms with Gasteiger partial charge in [-0.1, -0.05) is 23.7 Å². The van der Waals surface area contributed by atoms with Crippen LogP contribution in [0, 0.1) is 0 Å². The normalized spacial score (nSPS) is 21.7. The third kappa shape index (κ3) is 1.59. The molecular weight excluding hydrogens is 204 g/mol. The second-order valence-electron chi connectivity index (χ2n) is 3.07. The van der Waals surface area contributed by atoms with Gasteiger partial charge in [-0.25, -0.2) is 5.06 Å². The lowest BCUT2D eigenvalue weighted by molar-refractivity contribution is -0.165. The molecule has 2 rings (SSSR count). The Hall–Kier alpha value is -1.10. The molecule has 0 bridgehead atoms. The van der Waals surface area contributed by atoms with Gasteiger partial charge in [-0.05, 0) is 17.7 Å². The number of hydroxylamine groups is 2. The summed E-state index contributed by atoms with van der Waals surface area (Å²) in [4.78, 5) is 11.0. The number of nitrogens with zero attached hydrogens (tertiary/aromatic N) is 1. The number of carbonyl (C=O) groups excluding carboxylic acids is 1. The van der Waals surface area contributed by atoms with E-state index in [-0.39, 0.29) is 12.5 Å². The van der Waals surface area contributed by atoms with E-state index in [1.807, 2.05) is 0 Å². The third-order valence-electron chi connectivity index (χ3n) is 2.13. The molecule has 0 aromatic heterocycles. The SMILES string of the molecule is O=C1CN[C@H](c2ccc(Cl)cc2)N1O. The molecule has 1 aromatic rings. The van der Waals surface area contributed by atoms with E-state index in [0.29, 0.717) is 10.1 Å². The zero-order chi connectivity index (χ0) is 10.1. The highest BCUT2D eigenvalue weighted by atomic mass is 35.5. The Morgan fingerprint density at radius 2 is 2.07 bits per heavy atom. The van der Waals surface area contributed by atoms with Gasteiger partial charge in [-0.15, -0.1) is 0 Å². The van der Waals surface area contributed by atoms with Crippen molar-refractivity contribution in [3.8, 4) is 0 Å². The summed E-state index contributed by atoms with van der Waals surface area (Å²) >= 11 is 5.72. The highest BCUT2D eigenvalue weighted by molar-refractivity contribution is 6.30. The highest BCUT2D eigenvalue weighted by Crippen LogP contribution is 2.21. The summed E-state index contributed by atoms with van der Waals surface area (Å²) in [6.45, 7) is 0.157. The fraction of sp³-hybridized carbons (Fsp3) is 0.222. The molecule has 74 valence electrons. The molecule has 1 amide bonds. The molecule has 1 aliphatic heterocycles. The molecule has 0 saturated carbocycles. The molecule has 4 nitrogen and oxygen atoms in total. The summed E-state index contributed by atoms with van der Waals surface area (Å²) in [7, 11) is 0. The van der Waals surface area contributed by atoms with Gasteiger partial charge in [0.05, 0.1) is 6.54 Å². The van der Waals surface area contributed by atoms with Gasteiger partial charge in [0.1, 0.15) is 6.17 Å². The van der Waals surface area contributed by atoms with Gasteiger partial charge in [0.2, 0.25) is 0 Å². The molecule has 2 N–H and O–H groups in total. The molecule has 1 heterocycles. The number of amides is 1. The maximum atomic E-state index is 11.0. The topological polar surface area (TPSA) is 52.6 Å². The zero-order valence-corrected chi connectivity index (χ0v) is 8.03. The maximum Gasteiger partial charge on any atom is 0.261 e. The fourth-order valence-electron chi connectivity index (χ4n) is 1.40. The summed E-state index contributed by atoms with van der Waals surface area (Å²) in [5, 5.41) is 13.6. The summed E-state index contributed by atoms with van der Waals surface area (Å²) in [5.74, 6) is -0.329. The Morgan fingerprint density at radius 3 is 2.57 bits per heavy atom. The van der Waals surface area contributed by atoms with E-state index in [4.69, 9.17) is 11.6 Å². The molecule has 14 heavy (non-hydrogen) atoms. The Morgan fingerprint density at radius 1 is 1.43 bits per heavy atom. The van der Waals surface area contributed by atoms with Gasteiger partial charge in [-0.3, -0.25) is 15.3 Å². The van der Waals surface area contributed by atoms with Crippen molar-refractivity contribution in [2.75, 3.05) is 6.54 Å². The standard InChI is InChI=1S/C9H9ClN2O2/c10-7-3-1-6(2-4-7)9-11-5-8(13)12(9)14/h1-4,9,11,14H,5H2/t9-/m0/s1. The zero-order valence-electron chi connectivity index (χ0n) is 7.27. The van der Waals surface area contributed by atoms with E-state index in [1.165, 1.54) is 0 Å². The minimum absolute atomic E-state index is 0.157. The summed E-state index contributed by atoms with van der Waals surface area (Å²) in [6, 6.07) is 6.97. The number of hydrogen-bond donors (Lipinski definition) is 2. The second-order valence-corrected chi connectivity index (χ2v) is 3.51. The van der Waals surface area contributed by atoms with Gasteiger partial charge in [0, 0.05) is 5.02 Å². The monoisotopic (exact) mass is 212 g/mol. The van der Waals surface area contributed by atoms with Crippen molar-refractivity contribution >= 4 is 17.5 Å². The molecule has 0 aliphatic carbocycles. The van der Waals surface area contributed by atoms with Gasteiger partial charge in [0.25, 0.3) is 5.91 Å². The van der Waals surface area contributed by atoms with Crippen LogP contribution in [0.4, 0.5) is 0 Å². The number of benzene rings is 1. The molecule has 0 spiro atoms. The first kappa shape index (κ1) is 9.45. The lowest BCUT2D eigenvalue weighted by Crippen LogP contribution is -2.26. The molecule has 0 radical (unpaired) electrons. The number of hydrogen-bond acceptors (Lipinski definition) is 3. The van der Waals surface area contributed by atoms with Crippen LogP contribution in [-0.2, 0) is 4.79 Å². The number of rotatable bonds is 1. The fourth-order valence-corrected chi connectivity index (χ4v) is 1.53. The Labute approximate surface area is 86.0 Å². The molecule has 0 unspecified atom stereocenters. The van der Waals surface area contributed by atoms with Crippen LogP contribution >= 0.6 is 11.6 Å².